The van der Waals surface area contributed by atoms with Crippen LogP contribution in [-0.2, 0) is 6.42 Å². The molecule has 1 aromatic heterocycles. The van der Waals surface area contributed by atoms with Crippen LogP contribution in [0, 0.1) is 13.8 Å². The van der Waals surface area contributed by atoms with Crippen LogP contribution in [0.3, 0.4) is 0 Å². The Morgan fingerprint density at radius 3 is 2.71 bits per heavy atom. The first-order valence-electron chi connectivity index (χ1n) is 8.45. The summed E-state index contributed by atoms with van der Waals surface area (Å²) in [5.74, 6) is 0.108. The van der Waals surface area contributed by atoms with Gasteiger partial charge < -0.3 is 15.2 Å². The maximum atomic E-state index is 13.2. The predicted octanol–water partition coefficient (Wildman–Crippen LogP) is 4.04. The lowest BCUT2D eigenvalue weighted by Gasteiger charge is -2.30. The van der Waals surface area contributed by atoms with Crippen molar-refractivity contribution < 1.29 is 4.79 Å². The molecule has 128 valence electrons. The quantitative estimate of drug-likeness (QED) is 0.835. The van der Waals surface area contributed by atoms with Crippen molar-refractivity contribution >= 4 is 29.7 Å². The molecule has 2 aromatic rings. The van der Waals surface area contributed by atoms with Crippen LogP contribution < -0.4 is 10.6 Å². The fourth-order valence-electron chi connectivity index (χ4n) is 3.90. The SMILES string of the molecule is Cc1cc(C(=O)N2CCCc3c(N)cccc32)c(C)n1C1CC1.Cl. The molecule has 5 heteroatoms. The maximum absolute atomic E-state index is 13.2. The molecule has 1 aliphatic heterocycles. The number of rotatable bonds is 2. The maximum Gasteiger partial charge on any atom is 0.260 e. The third kappa shape index (κ3) is 2.59. The minimum Gasteiger partial charge on any atom is -0.398 e. The van der Waals surface area contributed by atoms with Crippen LogP contribution in [0.1, 0.15) is 52.6 Å². The average molecular weight is 346 g/mol. The molecule has 1 aromatic carbocycles. The van der Waals surface area contributed by atoms with Gasteiger partial charge >= 0.3 is 0 Å². The molecule has 2 N–H and O–H groups in total. The van der Waals surface area contributed by atoms with Crippen LogP contribution in [0.15, 0.2) is 24.3 Å². The highest BCUT2D eigenvalue weighted by molar-refractivity contribution is 6.08. The lowest BCUT2D eigenvalue weighted by atomic mass is 9.99. The molecule has 0 radical (unpaired) electrons. The van der Waals surface area contributed by atoms with Crippen molar-refractivity contribution in [3.63, 3.8) is 0 Å². The fourth-order valence-corrected chi connectivity index (χ4v) is 3.90. The van der Waals surface area contributed by atoms with Gasteiger partial charge in [-0.05, 0) is 63.3 Å². The van der Waals surface area contributed by atoms with Gasteiger partial charge in [-0.3, -0.25) is 4.79 Å². The van der Waals surface area contributed by atoms with Crippen molar-refractivity contribution in [3.8, 4) is 0 Å². The van der Waals surface area contributed by atoms with Crippen LogP contribution >= 0.6 is 12.4 Å². The second-order valence-electron chi connectivity index (χ2n) is 6.79. The first-order valence-corrected chi connectivity index (χ1v) is 8.45. The average Bonchev–Trinajstić information content (AvgIpc) is 3.32. The van der Waals surface area contributed by atoms with E-state index in [-0.39, 0.29) is 18.3 Å². The number of anilines is 2. The molecular weight excluding hydrogens is 322 g/mol. The summed E-state index contributed by atoms with van der Waals surface area (Å²) in [5, 5.41) is 0. The molecule has 0 saturated heterocycles. The van der Waals surface area contributed by atoms with Crippen molar-refractivity contribution in [2.45, 2.75) is 45.6 Å². The van der Waals surface area contributed by atoms with E-state index >= 15 is 0 Å². The monoisotopic (exact) mass is 345 g/mol. The van der Waals surface area contributed by atoms with Crippen LogP contribution in [0.4, 0.5) is 11.4 Å². The van der Waals surface area contributed by atoms with Crippen LogP contribution in [-0.4, -0.2) is 17.0 Å². The summed E-state index contributed by atoms with van der Waals surface area (Å²) < 4.78 is 2.33. The molecule has 0 spiro atoms. The lowest BCUT2D eigenvalue weighted by molar-refractivity contribution is 0.0984. The van der Waals surface area contributed by atoms with Crippen molar-refractivity contribution in [3.05, 3.63) is 46.8 Å². The zero-order valence-corrected chi connectivity index (χ0v) is 15.0. The van der Waals surface area contributed by atoms with Gasteiger partial charge in [-0.25, -0.2) is 0 Å². The molecule has 0 unspecified atom stereocenters. The molecule has 0 atom stereocenters. The zero-order chi connectivity index (χ0) is 16.1. The van der Waals surface area contributed by atoms with Crippen molar-refractivity contribution in [2.24, 2.45) is 0 Å². The normalized spacial score (nSPS) is 16.5. The minimum absolute atomic E-state index is 0. The van der Waals surface area contributed by atoms with E-state index in [0.29, 0.717) is 6.04 Å². The molecule has 1 fully saturated rings. The van der Waals surface area contributed by atoms with E-state index in [1.807, 2.05) is 23.1 Å². The van der Waals surface area contributed by atoms with Gasteiger partial charge in [-0.15, -0.1) is 12.4 Å². The highest BCUT2D eigenvalue weighted by Crippen LogP contribution is 2.39. The van der Waals surface area contributed by atoms with Crippen molar-refractivity contribution in [1.29, 1.82) is 0 Å². The van der Waals surface area contributed by atoms with Gasteiger partial charge in [-0.2, -0.15) is 0 Å². The van der Waals surface area contributed by atoms with Gasteiger partial charge in [0, 0.05) is 35.3 Å². The van der Waals surface area contributed by atoms with E-state index in [1.165, 1.54) is 18.5 Å². The number of aryl methyl sites for hydroxylation is 1. The first kappa shape index (κ1) is 16.9. The number of carbonyl (C=O) groups excluding carboxylic acids is 1. The topological polar surface area (TPSA) is 51.3 Å². The molecule has 4 nitrogen and oxygen atoms in total. The standard InChI is InChI=1S/C19H23N3O.ClH/c1-12-11-16(13(2)22(12)14-8-9-14)19(23)21-10-4-5-15-17(20)6-3-7-18(15)21;/h3,6-7,11,14H,4-5,8-10,20H2,1-2H3;1H. The van der Waals surface area contributed by atoms with Crippen LogP contribution in [0.25, 0.3) is 0 Å². The van der Waals surface area contributed by atoms with E-state index in [9.17, 15) is 4.79 Å². The minimum atomic E-state index is 0. The summed E-state index contributed by atoms with van der Waals surface area (Å²) in [4.78, 5) is 15.1. The van der Waals surface area contributed by atoms with Gasteiger partial charge in [0.2, 0.25) is 0 Å². The van der Waals surface area contributed by atoms with Crippen LogP contribution in [0.5, 0.6) is 0 Å². The van der Waals surface area contributed by atoms with Gasteiger partial charge in [0.25, 0.3) is 5.91 Å². The van der Waals surface area contributed by atoms with Gasteiger partial charge in [0.15, 0.2) is 0 Å². The molecule has 24 heavy (non-hydrogen) atoms. The van der Waals surface area contributed by atoms with Crippen LogP contribution in [0.2, 0.25) is 0 Å². The number of fused-ring (bicyclic) bond motifs is 1. The van der Waals surface area contributed by atoms with E-state index < -0.39 is 0 Å². The first-order chi connectivity index (χ1) is 11.1. The number of carbonyl (C=O) groups is 1. The van der Waals surface area contributed by atoms with Crippen molar-refractivity contribution in [2.75, 3.05) is 17.2 Å². The number of amides is 1. The number of aromatic nitrogens is 1. The number of hydrogen-bond acceptors (Lipinski definition) is 2. The molecular formula is C19H24ClN3O. The Labute approximate surface area is 149 Å². The number of halogens is 1. The third-order valence-electron chi connectivity index (χ3n) is 5.16. The highest BCUT2D eigenvalue weighted by Gasteiger charge is 2.31. The zero-order valence-electron chi connectivity index (χ0n) is 14.2. The number of hydrogen-bond donors (Lipinski definition) is 1. The number of benzene rings is 1. The molecule has 2 heterocycles. The molecule has 1 saturated carbocycles. The molecule has 2 aliphatic rings. The van der Waals surface area contributed by atoms with Gasteiger partial charge in [0.05, 0.1) is 5.56 Å². The second kappa shape index (κ2) is 6.17. The number of nitrogens with zero attached hydrogens (tertiary/aromatic N) is 2. The van der Waals surface area contributed by atoms with Crippen molar-refractivity contribution in [1.82, 2.24) is 4.57 Å². The Bertz CT molecular complexity index is 792. The summed E-state index contributed by atoms with van der Waals surface area (Å²) in [6.45, 7) is 4.94. The van der Waals surface area contributed by atoms with Gasteiger partial charge in [-0.1, -0.05) is 6.07 Å². The predicted molar refractivity (Wildman–Crippen MR) is 100 cm³/mol. The Kier molecular flexibility index (Phi) is 4.35. The Balaban J connectivity index is 0.00000169. The smallest absolute Gasteiger partial charge is 0.260 e. The van der Waals surface area contributed by atoms with Gasteiger partial charge in [0.1, 0.15) is 0 Å². The van der Waals surface area contributed by atoms with E-state index in [2.05, 4.69) is 24.5 Å². The third-order valence-corrected chi connectivity index (χ3v) is 5.16. The summed E-state index contributed by atoms with van der Waals surface area (Å²) >= 11 is 0. The van der Waals surface area contributed by atoms with E-state index in [1.54, 1.807) is 0 Å². The summed E-state index contributed by atoms with van der Waals surface area (Å²) in [6.07, 6.45) is 4.38. The summed E-state index contributed by atoms with van der Waals surface area (Å²) in [6, 6.07) is 8.53. The van der Waals surface area contributed by atoms with E-state index in [4.69, 9.17) is 5.73 Å². The Morgan fingerprint density at radius 2 is 2.00 bits per heavy atom. The molecule has 0 bridgehead atoms. The number of nitrogen functional groups attached to an aromatic ring is 1. The summed E-state index contributed by atoms with van der Waals surface area (Å²) in [7, 11) is 0. The highest BCUT2D eigenvalue weighted by atomic mass is 35.5. The second-order valence-corrected chi connectivity index (χ2v) is 6.79. The Morgan fingerprint density at radius 1 is 1.25 bits per heavy atom. The molecule has 1 amide bonds. The Hall–Kier alpha value is -1.94. The lowest BCUT2D eigenvalue weighted by Crippen LogP contribution is -2.36. The molecule has 1 aliphatic carbocycles. The largest absolute Gasteiger partial charge is 0.398 e. The molecule has 4 rings (SSSR count). The van der Waals surface area contributed by atoms with E-state index in [0.717, 1.165) is 47.6 Å². The summed E-state index contributed by atoms with van der Waals surface area (Å²) in [5.41, 5.74) is 12.1. The fraction of sp³-hybridized carbons (Fsp3) is 0.421. The number of nitrogens with two attached hydrogens (primary N) is 1.